The summed E-state index contributed by atoms with van der Waals surface area (Å²) in [4.78, 5) is 13.0. The lowest BCUT2D eigenvalue weighted by molar-refractivity contribution is -0.132. The van der Waals surface area contributed by atoms with Crippen LogP contribution in [0.15, 0.2) is 0 Å². The van der Waals surface area contributed by atoms with E-state index in [1.165, 1.54) is 0 Å². The number of piperidine rings is 1. The Morgan fingerprint density at radius 1 is 1.73 bits per heavy atom. The molecule has 0 bridgehead atoms. The minimum Gasteiger partial charge on any atom is -0.346 e. The van der Waals surface area contributed by atoms with Crippen LogP contribution in [0.2, 0.25) is 0 Å². The number of nitrogens with zero attached hydrogens (tertiary/aromatic N) is 1. The molecule has 0 aliphatic carbocycles. The van der Waals surface area contributed by atoms with Crippen molar-refractivity contribution in [1.82, 2.24) is 10.2 Å². The summed E-state index contributed by atoms with van der Waals surface area (Å²) in [5.74, 6) is 0.266. The molecule has 0 unspecified atom stereocenters. The average molecular weight is 156 g/mol. The molecular formula is C8H16N2O. The standard InChI is InChI=1S/C8H16N2O/c1-3-9-7-4-5-10(2)8(11)6-7/h7,9H,3-6H2,1-2H3/t7-/m0/s1. The van der Waals surface area contributed by atoms with Gasteiger partial charge in [-0.15, -0.1) is 0 Å². The minimum absolute atomic E-state index is 0.266. The number of carbonyl (C=O) groups excluding carboxylic acids is 1. The fraction of sp³-hybridized carbons (Fsp3) is 0.875. The van der Waals surface area contributed by atoms with E-state index in [-0.39, 0.29) is 5.91 Å². The van der Waals surface area contributed by atoms with Gasteiger partial charge in [0.15, 0.2) is 0 Å². The molecule has 0 saturated carbocycles. The molecule has 1 aliphatic heterocycles. The van der Waals surface area contributed by atoms with Gasteiger partial charge in [-0.2, -0.15) is 0 Å². The van der Waals surface area contributed by atoms with Gasteiger partial charge in [0.2, 0.25) is 5.91 Å². The minimum atomic E-state index is 0.266. The van der Waals surface area contributed by atoms with Crippen molar-refractivity contribution in [2.24, 2.45) is 0 Å². The molecule has 64 valence electrons. The predicted molar refractivity (Wildman–Crippen MR) is 44.3 cm³/mol. The molecule has 1 saturated heterocycles. The first-order valence-corrected chi connectivity index (χ1v) is 4.21. The van der Waals surface area contributed by atoms with Crippen LogP contribution in [0.25, 0.3) is 0 Å². The van der Waals surface area contributed by atoms with Crippen LogP contribution >= 0.6 is 0 Å². The van der Waals surface area contributed by atoms with Gasteiger partial charge in [0.25, 0.3) is 0 Å². The highest BCUT2D eigenvalue weighted by Gasteiger charge is 2.21. The van der Waals surface area contributed by atoms with Crippen molar-refractivity contribution >= 4 is 5.91 Å². The van der Waals surface area contributed by atoms with Crippen LogP contribution in [0.4, 0.5) is 0 Å². The predicted octanol–water partition coefficient (Wildman–Crippen LogP) is 0.217. The zero-order valence-electron chi connectivity index (χ0n) is 7.26. The summed E-state index contributed by atoms with van der Waals surface area (Å²) < 4.78 is 0. The molecule has 1 rings (SSSR count). The Hall–Kier alpha value is -0.570. The Labute approximate surface area is 67.8 Å². The van der Waals surface area contributed by atoms with Gasteiger partial charge in [-0.3, -0.25) is 4.79 Å². The van der Waals surface area contributed by atoms with Crippen molar-refractivity contribution < 1.29 is 4.79 Å². The maximum Gasteiger partial charge on any atom is 0.223 e. The highest BCUT2D eigenvalue weighted by atomic mass is 16.2. The summed E-state index contributed by atoms with van der Waals surface area (Å²) in [5.41, 5.74) is 0. The Morgan fingerprint density at radius 3 is 3.00 bits per heavy atom. The van der Waals surface area contributed by atoms with Gasteiger partial charge in [0, 0.05) is 26.1 Å². The molecule has 3 heteroatoms. The Kier molecular flexibility index (Phi) is 2.88. The average Bonchev–Trinajstić information content (AvgIpc) is 1.98. The number of carbonyl (C=O) groups is 1. The van der Waals surface area contributed by atoms with E-state index in [1.807, 2.05) is 7.05 Å². The fourth-order valence-electron chi connectivity index (χ4n) is 1.41. The first-order valence-electron chi connectivity index (χ1n) is 4.21. The van der Waals surface area contributed by atoms with E-state index >= 15 is 0 Å². The molecule has 0 aromatic rings. The third kappa shape index (κ3) is 2.19. The van der Waals surface area contributed by atoms with E-state index in [2.05, 4.69) is 12.2 Å². The lowest BCUT2D eigenvalue weighted by Crippen LogP contribution is -2.44. The smallest absolute Gasteiger partial charge is 0.223 e. The SMILES string of the molecule is CCN[C@H]1CCN(C)C(=O)C1. The number of hydrogen-bond acceptors (Lipinski definition) is 2. The lowest BCUT2D eigenvalue weighted by Gasteiger charge is -2.28. The van der Waals surface area contributed by atoms with E-state index in [1.54, 1.807) is 4.90 Å². The molecule has 1 fully saturated rings. The molecule has 11 heavy (non-hydrogen) atoms. The molecule has 1 atom stereocenters. The second-order valence-electron chi connectivity index (χ2n) is 3.06. The summed E-state index contributed by atoms with van der Waals surface area (Å²) in [6.45, 7) is 3.93. The molecule has 0 spiro atoms. The van der Waals surface area contributed by atoms with Crippen LogP contribution in [-0.4, -0.2) is 37.0 Å². The van der Waals surface area contributed by atoms with E-state index in [4.69, 9.17) is 0 Å². The lowest BCUT2D eigenvalue weighted by atomic mass is 10.1. The van der Waals surface area contributed by atoms with E-state index in [9.17, 15) is 4.79 Å². The largest absolute Gasteiger partial charge is 0.346 e. The van der Waals surface area contributed by atoms with Crippen LogP contribution in [-0.2, 0) is 4.79 Å². The first-order chi connectivity index (χ1) is 5.24. The topological polar surface area (TPSA) is 32.3 Å². The van der Waals surface area contributed by atoms with Crippen LogP contribution in [0.3, 0.4) is 0 Å². The summed E-state index contributed by atoms with van der Waals surface area (Å²) in [6, 6.07) is 0.420. The van der Waals surface area contributed by atoms with Gasteiger partial charge >= 0.3 is 0 Å². The van der Waals surface area contributed by atoms with Crippen LogP contribution in [0.1, 0.15) is 19.8 Å². The van der Waals surface area contributed by atoms with Crippen LogP contribution in [0, 0.1) is 0 Å². The summed E-state index contributed by atoms with van der Waals surface area (Å²) >= 11 is 0. The second kappa shape index (κ2) is 3.72. The third-order valence-electron chi connectivity index (χ3n) is 2.15. The molecule has 3 nitrogen and oxygen atoms in total. The van der Waals surface area contributed by atoms with Crippen LogP contribution in [0.5, 0.6) is 0 Å². The molecule has 0 radical (unpaired) electrons. The molecular weight excluding hydrogens is 140 g/mol. The summed E-state index contributed by atoms with van der Waals surface area (Å²) in [5, 5.41) is 3.29. The molecule has 1 N–H and O–H groups in total. The Morgan fingerprint density at radius 2 is 2.45 bits per heavy atom. The Balaban J connectivity index is 2.34. The Bertz CT molecular complexity index is 147. The maximum atomic E-state index is 11.2. The van der Waals surface area contributed by atoms with Gasteiger partial charge < -0.3 is 10.2 Å². The van der Waals surface area contributed by atoms with Gasteiger partial charge in [-0.05, 0) is 13.0 Å². The molecule has 1 aliphatic rings. The maximum absolute atomic E-state index is 11.2. The van der Waals surface area contributed by atoms with E-state index in [0.717, 1.165) is 19.5 Å². The number of likely N-dealkylation sites (tertiary alicyclic amines) is 1. The van der Waals surface area contributed by atoms with Gasteiger partial charge in [-0.1, -0.05) is 6.92 Å². The fourth-order valence-corrected chi connectivity index (χ4v) is 1.41. The van der Waals surface area contributed by atoms with Crippen molar-refractivity contribution in [3.63, 3.8) is 0 Å². The number of amides is 1. The van der Waals surface area contributed by atoms with Gasteiger partial charge in [-0.25, -0.2) is 0 Å². The zero-order valence-corrected chi connectivity index (χ0v) is 7.26. The van der Waals surface area contributed by atoms with Crippen molar-refractivity contribution in [2.45, 2.75) is 25.8 Å². The molecule has 1 heterocycles. The van der Waals surface area contributed by atoms with E-state index < -0.39 is 0 Å². The summed E-state index contributed by atoms with van der Waals surface area (Å²) in [7, 11) is 1.87. The molecule has 0 aromatic heterocycles. The zero-order chi connectivity index (χ0) is 8.27. The normalized spacial score (nSPS) is 25.8. The third-order valence-corrected chi connectivity index (χ3v) is 2.15. The molecule has 1 amide bonds. The quantitative estimate of drug-likeness (QED) is 0.620. The van der Waals surface area contributed by atoms with E-state index in [0.29, 0.717) is 12.5 Å². The molecule has 0 aromatic carbocycles. The number of nitrogens with one attached hydrogen (secondary N) is 1. The first kappa shape index (κ1) is 8.53. The van der Waals surface area contributed by atoms with Crippen LogP contribution < -0.4 is 5.32 Å². The number of rotatable bonds is 2. The highest BCUT2D eigenvalue weighted by Crippen LogP contribution is 2.08. The van der Waals surface area contributed by atoms with Crippen molar-refractivity contribution in [2.75, 3.05) is 20.1 Å². The summed E-state index contributed by atoms with van der Waals surface area (Å²) in [6.07, 6.45) is 1.76. The second-order valence-corrected chi connectivity index (χ2v) is 3.06. The van der Waals surface area contributed by atoms with Gasteiger partial charge in [0.1, 0.15) is 0 Å². The van der Waals surface area contributed by atoms with Gasteiger partial charge in [0.05, 0.1) is 0 Å². The highest BCUT2D eigenvalue weighted by molar-refractivity contribution is 5.77. The number of hydrogen-bond donors (Lipinski definition) is 1. The monoisotopic (exact) mass is 156 g/mol. The van der Waals surface area contributed by atoms with Crippen molar-refractivity contribution in [3.8, 4) is 0 Å². The van der Waals surface area contributed by atoms with Crippen molar-refractivity contribution in [1.29, 1.82) is 0 Å². The van der Waals surface area contributed by atoms with Crippen molar-refractivity contribution in [3.05, 3.63) is 0 Å².